The maximum Gasteiger partial charge on any atom is 0.338 e. The first-order valence-corrected chi connectivity index (χ1v) is 6.66. The van der Waals surface area contributed by atoms with Crippen LogP contribution in [0.25, 0.3) is 0 Å². The molecule has 0 radical (unpaired) electrons. The van der Waals surface area contributed by atoms with Gasteiger partial charge in [-0.2, -0.15) is 0 Å². The molecular weight excluding hydrogens is 292 g/mol. The molecule has 0 heterocycles. The molecule has 0 saturated heterocycles. The van der Waals surface area contributed by atoms with Gasteiger partial charge >= 0.3 is 5.97 Å². The molecule has 0 aliphatic heterocycles. The average molecular weight is 307 g/mol. The van der Waals surface area contributed by atoms with Crippen LogP contribution in [0.15, 0.2) is 42.5 Å². The zero-order valence-corrected chi connectivity index (χ0v) is 12.5. The maximum absolute atomic E-state index is 11.8. The lowest BCUT2D eigenvalue weighted by atomic mass is 10.1. The third-order valence-corrected chi connectivity index (χ3v) is 3.17. The first kappa shape index (κ1) is 15.2. The Kier molecular flexibility index (Phi) is 5.06. The number of carbonyl (C=O) groups excluding carboxylic acids is 1. The molecule has 0 aliphatic carbocycles. The van der Waals surface area contributed by atoms with Crippen molar-refractivity contribution in [2.75, 3.05) is 14.2 Å². The van der Waals surface area contributed by atoms with E-state index in [0.29, 0.717) is 27.6 Å². The maximum atomic E-state index is 11.8. The fraction of sp³-hybridized carbons (Fsp3) is 0.188. The van der Waals surface area contributed by atoms with E-state index in [1.165, 1.54) is 7.11 Å². The molecule has 21 heavy (non-hydrogen) atoms. The standard InChI is InChI=1S/C16H15ClO4/c1-19-15-8-4-7-13(16(18)20-2)14(15)10-21-12-6-3-5-11(17)9-12/h3-9H,10H2,1-2H3. The van der Waals surface area contributed by atoms with Gasteiger partial charge in [-0.3, -0.25) is 0 Å². The predicted molar refractivity (Wildman–Crippen MR) is 80.1 cm³/mol. The lowest BCUT2D eigenvalue weighted by Gasteiger charge is -2.13. The van der Waals surface area contributed by atoms with Crippen molar-refractivity contribution in [3.63, 3.8) is 0 Å². The number of esters is 1. The fourth-order valence-electron chi connectivity index (χ4n) is 1.92. The van der Waals surface area contributed by atoms with Gasteiger partial charge in [0.25, 0.3) is 0 Å². The number of benzene rings is 2. The molecule has 0 bridgehead atoms. The Bertz CT molecular complexity index is 640. The van der Waals surface area contributed by atoms with Gasteiger partial charge in [-0.15, -0.1) is 0 Å². The Hall–Kier alpha value is -2.20. The number of halogens is 1. The van der Waals surface area contributed by atoms with Gasteiger partial charge in [0.15, 0.2) is 0 Å². The SMILES string of the molecule is COC(=O)c1cccc(OC)c1COc1cccc(Cl)c1. The fourth-order valence-corrected chi connectivity index (χ4v) is 2.10. The molecular formula is C16H15ClO4. The number of rotatable bonds is 5. The van der Waals surface area contributed by atoms with Gasteiger partial charge in [0.1, 0.15) is 18.1 Å². The summed E-state index contributed by atoms with van der Waals surface area (Å²) in [6, 6.07) is 12.2. The van der Waals surface area contributed by atoms with Gasteiger partial charge in [-0.05, 0) is 30.3 Å². The Balaban J connectivity index is 2.27. The van der Waals surface area contributed by atoms with Crippen molar-refractivity contribution in [1.29, 1.82) is 0 Å². The third kappa shape index (κ3) is 3.67. The van der Waals surface area contributed by atoms with Crippen LogP contribution in [0.4, 0.5) is 0 Å². The summed E-state index contributed by atoms with van der Waals surface area (Å²) in [5.74, 6) is 0.753. The van der Waals surface area contributed by atoms with Gasteiger partial charge in [0, 0.05) is 10.6 Å². The minimum absolute atomic E-state index is 0.175. The quantitative estimate of drug-likeness (QED) is 0.790. The highest BCUT2D eigenvalue weighted by Crippen LogP contribution is 2.25. The van der Waals surface area contributed by atoms with Crippen LogP contribution in [0.2, 0.25) is 5.02 Å². The highest BCUT2D eigenvalue weighted by Gasteiger charge is 2.16. The van der Waals surface area contributed by atoms with Gasteiger partial charge < -0.3 is 14.2 Å². The van der Waals surface area contributed by atoms with E-state index < -0.39 is 5.97 Å². The summed E-state index contributed by atoms with van der Waals surface area (Å²) in [7, 11) is 2.88. The van der Waals surface area contributed by atoms with E-state index in [1.54, 1.807) is 49.6 Å². The molecule has 5 heteroatoms. The largest absolute Gasteiger partial charge is 0.496 e. The van der Waals surface area contributed by atoms with Crippen molar-refractivity contribution in [3.8, 4) is 11.5 Å². The minimum atomic E-state index is -0.432. The molecule has 0 fully saturated rings. The summed E-state index contributed by atoms with van der Waals surface area (Å²) >= 11 is 5.91. The zero-order valence-electron chi connectivity index (χ0n) is 11.8. The molecule has 0 atom stereocenters. The van der Waals surface area contributed by atoms with E-state index in [-0.39, 0.29) is 6.61 Å². The number of methoxy groups -OCH3 is 2. The van der Waals surface area contributed by atoms with E-state index in [9.17, 15) is 4.79 Å². The highest BCUT2D eigenvalue weighted by molar-refractivity contribution is 6.30. The Morgan fingerprint density at radius 1 is 1.14 bits per heavy atom. The Morgan fingerprint density at radius 3 is 2.57 bits per heavy atom. The summed E-state index contributed by atoms with van der Waals surface area (Å²) < 4.78 is 15.7. The second-order valence-corrected chi connectivity index (χ2v) is 4.66. The van der Waals surface area contributed by atoms with Gasteiger partial charge in [0.05, 0.1) is 19.8 Å². The van der Waals surface area contributed by atoms with Crippen LogP contribution in [0.1, 0.15) is 15.9 Å². The van der Waals surface area contributed by atoms with E-state index in [0.717, 1.165) is 0 Å². The predicted octanol–water partition coefficient (Wildman–Crippen LogP) is 3.71. The van der Waals surface area contributed by atoms with E-state index in [1.807, 2.05) is 0 Å². The lowest BCUT2D eigenvalue weighted by molar-refractivity contribution is 0.0597. The smallest absolute Gasteiger partial charge is 0.338 e. The van der Waals surface area contributed by atoms with Gasteiger partial charge in [-0.25, -0.2) is 4.79 Å². The normalized spacial score (nSPS) is 10.0. The highest BCUT2D eigenvalue weighted by atomic mass is 35.5. The molecule has 2 aromatic carbocycles. The number of carbonyl (C=O) groups is 1. The minimum Gasteiger partial charge on any atom is -0.496 e. The first-order chi connectivity index (χ1) is 10.2. The van der Waals surface area contributed by atoms with Crippen molar-refractivity contribution in [1.82, 2.24) is 0 Å². The second-order valence-electron chi connectivity index (χ2n) is 4.22. The van der Waals surface area contributed by atoms with E-state index >= 15 is 0 Å². The zero-order chi connectivity index (χ0) is 15.2. The van der Waals surface area contributed by atoms with Crippen LogP contribution in [-0.4, -0.2) is 20.2 Å². The van der Waals surface area contributed by atoms with Crippen LogP contribution in [0.5, 0.6) is 11.5 Å². The van der Waals surface area contributed by atoms with Crippen LogP contribution in [0, 0.1) is 0 Å². The molecule has 0 aromatic heterocycles. The van der Waals surface area contributed by atoms with E-state index in [4.69, 9.17) is 25.8 Å². The van der Waals surface area contributed by atoms with Gasteiger partial charge in [-0.1, -0.05) is 23.7 Å². The van der Waals surface area contributed by atoms with Crippen LogP contribution >= 0.6 is 11.6 Å². The van der Waals surface area contributed by atoms with Crippen molar-refractivity contribution in [2.45, 2.75) is 6.61 Å². The monoisotopic (exact) mass is 306 g/mol. The molecule has 0 unspecified atom stereocenters. The summed E-state index contributed by atoms with van der Waals surface area (Å²) in [4.78, 5) is 11.8. The molecule has 0 spiro atoms. The topological polar surface area (TPSA) is 44.8 Å². The molecule has 110 valence electrons. The first-order valence-electron chi connectivity index (χ1n) is 6.28. The second kappa shape index (κ2) is 6.99. The Morgan fingerprint density at radius 2 is 1.90 bits per heavy atom. The third-order valence-electron chi connectivity index (χ3n) is 2.94. The molecule has 0 saturated carbocycles. The van der Waals surface area contributed by atoms with Crippen LogP contribution in [-0.2, 0) is 11.3 Å². The van der Waals surface area contributed by atoms with Crippen LogP contribution in [0.3, 0.4) is 0 Å². The molecule has 0 aliphatic rings. The summed E-state index contributed by atoms with van der Waals surface area (Å²) in [5, 5.41) is 0.584. The van der Waals surface area contributed by atoms with Crippen molar-refractivity contribution in [2.24, 2.45) is 0 Å². The molecule has 4 nitrogen and oxygen atoms in total. The number of hydrogen-bond donors (Lipinski definition) is 0. The lowest BCUT2D eigenvalue weighted by Crippen LogP contribution is -2.09. The van der Waals surface area contributed by atoms with Crippen LogP contribution < -0.4 is 9.47 Å². The van der Waals surface area contributed by atoms with E-state index in [2.05, 4.69) is 0 Å². The summed E-state index contributed by atoms with van der Waals surface area (Å²) in [6.45, 7) is 0.175. The average Bonchev–Trinajstić information content (AvgIpc) is 2.51. The Labute approximate surface area is 128 Å². The van der Waals surface area contributed by atoms with Crippen molar-refractivity contribution in [3.05, 3.63) is 58.6 Å². The van der Waals surface area contributed by atoms with Crippen molar-refractivity contribution >= 4 is 17.6 Å². The number of ether oxygens (including phenoxy) is 3. The van der Waals surface area contributed by atoms with Crippen molar-refractivity contribution < 1.29 is 19.0 Å². The number of hydrogen-bond acceptors (Lipinski definition) is 4. The molecule has 2 rings (SSSR count). The molecule has 2 aromatic rings. The molecule has 0 N–H and O–H groups in total. The summed E-state index contributed by atoms with van der Waals surface area (Å²) in [6.07, 6.45) is 0. The molecule has 0 amide bonds. The summed E-state index contributed by atoms with van der Waals surface area (Å²) in [5.41, 5.74) is 1.05. The van der Waals surface area contributed by atoms with Gasteiger partial charge in [0.2, 0.25) is 0 Å².